The SMILES string of the molecule is Cc1cc(C(N)C2CCC2)cc(C)c1F. The molecule has 0 heterocycles. The molecule has 82 valence electrons. The van der Waals surface area contributed by atoms with E-state index < -0.39 is 0 Å². The second-order valence-electron chi connectivity index (χ2n) is 4.69. The molecule has 1 saturated carbocycles. The molecule has 2 heteroatoms. The number of aryl methyl sites for hydroxylation is 2. The van der Waals surface area contributed by atoms with Crippen molar-refractivity contribution in [2.75, 3.05) is 0 Å². The maximum atomic E-state index is 13.4. The highest BCUT2D eigenvalue weighted by molar-refractivity contribution is 5.32. The standard InChI is InChI=1S/C13H18FN/c1-8-6-11(7-9(2)12(8)14)13(15)10-4-3-5-10/h6-7,10,13H,3-5,15H2,1-2H3. The van der Waals surface area contributed by atoms with Crippen molar-refractivity contribution in [1.82, 2.24) is 0 Å². The average molecular weight is 207 g/mol. The lowest BCUT2D eigenvalue weighted by atomic mass is 9.77. The first-order valence-corrected chi connectivity index (χ1v) is 5.62. The molecule has 0 spiro atoms. The van der Waals surface area contributed by atoms with Crippen LogP contribution in [-0.4, -0.2) is 0 Å². The molecular formula is C13H18FN. The van der Waals surface area contributed by atoms with Gasteiger partial charge in [-0.15, -0.1) is 0 Å². The van der Waals surface area contributed by atoms with Gasteiger partial charge in [-0.2, -0.15) is 0 Å². The Morgan fingerprint density at radius 2 is 1.80 bits per heavy atom. The summed E-state index contributed by atoms with van der Waals surface area (Å²) >= 11 is 0. The quantitative estimate of drug-likeness (QED) is 0.791. The maximum absolute atomic E-state index is 13.4. The molecule has 1 nitrogen and oxygen atoms in total. The Labute approximate surface area is 90.5 Å². The number of nitrogens with two attached hydrogens (primary N) is 1. The molecule has 2 N–H and O–H groups in total. The van der Waals surface area contributed by atoms with Crippen molar-refractivity contribution in [2.24, 2.45) is 11.7 Å². The fourth-order valence-electron chi connectivity index (χ4n) is 2.24. The zero-order valence-electron chi connectivity index (χ0n) is 9.39. The van der Waals surface area contributed by atoms with E-state index >= 15 is 0 Å². The van der Waals surface area contributed by atoms with Crippen molar-refractivity contribution < 1.29 is 4.39 Å². The molecule has 1 aromatic rings. The molecule has 0 radical (unpaired) electrons. The second kappa shape index (κ2) is 3.93. The van der Waals surface area contributed by atoms with Crippen LogP contribution in [0.1, 0.15) is 42.0 Å². The first-order chi connectivity index (χ1) is 7.09. The number of benzene rings is 1. The third-order valence-corrected chi connectivity index (χ3v) is 3.50. The predicted molar refractivity (Wildman–Crippen MR) is 60.1 cm³/mol. The summed E-state index contributed by atoms with van der Waals surface area (Å²) in [4.78, 5) is 0. The molecule has 0 bridgehead atoms. The zero-order chi connectivity index (χ0) is 11.0. The summed E-state index contributed by atoms with van der Waals surface area (Å²) in [5, 5.41) is 0. The Balaban J connectivity index is 2.27. The van der Waals surface area contributed by atoms with E-state index in [1.807, 2.05) is 12.1 Å². The van der Waals surface area contributed by atoms with E-state index in [1.54, 1.807) is 13.8 Å². The van der Waals surface area contributed by atoms with Crippen molar-refractivity contribution in [2.45, 2.75) is 39.2 Å². The topological polar surface area (TPSA) is 26.0 Å². The molecule has 0 amide bonds. The van der Waals surface area contributed by atoms with Gasteiger partial charge in [0.15, 0.2) is 0 Å². The van der Waals surface area contributed by atoms with Crippen LogP contribution in [0.2, 0.25) is 0 Å². The molecule has 1 aromatic carbocycles. The normalized spacial score (nSPS) is 18.7. The minimum absolute atomic E-state index is 0.0942. The summed E-state index contributed by atoms with van der Waals surface area (Å²) in [5.74, 6) is 0.508. The molecule has 1 fully saturated rings. The van der Waals surface area contributed by atoms with Crippen molar-refractivity contribution in [3.8, 4) is 0 Å². The zero-order valence-corrected chi connectivity index (χ0v) is 9.39. The second-order valence-corrected chi connectivity index (χ2v) is 4.69. The van der Waals surface area contributed by atoms with Gasteiger partial charge in [-0.1, -0.05) is 18.6 Å². The Kier molecular flexibility index (Phi) is 2.79. The minimum atomic E-state index is -0.0976. The van der Waals surface area contributed by atoms with Crippen LogP contribution in [0.15, 0.2) is 12.1 Å². The predicted octanol–water partition coefficient (Wildman–Crippen LogP) is 3.24. The number of hydrogen-bond donors (Lipinski definition) is 1. The number of hydrogen-bond acceptors (Lipinski definition) is 1. The van der Waals surface area contributed by atoms with E-state index in [0.29, 0.717) is 17.0 Å². The molecule has 1 atom stereocenters. The molecule has 0 saturated heterocycles. The van der Waals surface area contributed by atoms with Crippen molar-refractivity contribution in [3.63, 3.8) is 0 Å². The Bertz CT molecular complexity index is 346. The monoisotopic (exact) mass is 207 g/mol. The fourth-order valence-corrected chi connectivity index (χ4v) is 2.24. The summed E-state index contributed by atoms with van der Waals surface area (Å²) in [5.41, 5.74) is 8.68. The number of rotatable bonds is 2. The van der Waals surface area contributed by atoms with Gasteiger partial charge in [0, 0.05) is 6.04 Å². The van der Waals surface area contributed by atoms with Gasteiger partial charge in [0.25, 0.3) is 0 Å². The van der Waals surface area contributed by atoms with E-state index in [1.165, 1.54) is 19.3 Å². The molecule has 0 aromatic heterocycles. The van der Waals surface area contributed by atoms with Gasteiger partial charge in [-0.05, 0) is 49.3 Å². The summed E-state index contributed by atoms with van der Waals surface area (Å²) < 4.78 is 13.4. The van der Waals surface area contributed by atoms with Crippen LogP contribution in [0.5, 0.6) is 0 Å². The first kappa shape index (κ1) is 10.6. The molecule has 1 aliphatic carbocycles. The van der Waals surface area contributed by atoms with Gasteiger partial charge in [-0.25, -0.2) is 4.39 Å². The Morgan fingerprint density at radius 3 is 2.20 bits per heavy atom. The first-order valence-electron chi connectivity index (χ1n) is 5.62. The lowest BCUT2D eigenvalue weighted by molar-refractivity contribution is 0.264. The lowest BCUT2D eigenvalue weighted by Gasteiger charge is -2.31. The summed E-state index contributed by atoms with van der Waals surface area (Å²) in [6.07, 6.45) is 3.73. The third kappa shape index (κ3) is 1.91. The summed E-state index contributed by atoms with van der Waals surface area (Å²) in [6.45, 7) is 3.61. The van der Waals surface area contributed by atoms with Crippen LogP contribution in [-0.2, 0) is 0 Å². The van der Waals surface area contributed by atoms with E-state index in [-0.39, 0.29) is 11.9 Å². The van der Waals surface area contributed by atoms with Gasteiger partial charge in [-0.3, -0.25) is 0 Å². The van der Waals surface area contributed by atoms with E-state index in [9.17, 15) is 4.39 Å². The molecule has 1 aliphatic rings. The van der Waals surface area contributed by atoms with Crippen molar-refractivity contribution >= 4 is 0 Å². The molecule has 0 aliphatic heterocycles. The fraction of sp³-hybridized carbons (Fsp3) is 0.538. The van der Waals surface area contributed by atoms with Gasteiger partial charge in [0.1, 0.15) is 5.82 Å². The van der Waals surface area contributed by atoms with Crippen LogP contribution in [0.4, 0.5) is 4.39 Å². The molecule has 2 rings (SSSR count). The molecular weight excluding hydrogens is 189 g/mol. The third-order valence-electron chi connectivity index (χ3n) is 3.50. The van der Waals surface area contributed by atoms with Gasteiger partial charge in [0.05, 0.1) is 0 Å². The van der Waals surface area contributed by atoms with Crippen molar-refractivity contribution in [3.05, 3.63) is 34.6 Å². The van der Waals surface area contributed by atoms with Crippen LogP contribution in [0.3, 0.4) is 0 Å². The smallest absolute Gasteiger partial charge is 0.129 e. The van der Waals surface area contributed by atoms with E-state index in [0.717, 1.165) is 5.56 Å². The molecule has 15 heavy (non-hydrogen) atoms. The largest absolute Gasteiger partial charge is 0.324 e. The average Bonchev–Trinajstić information content (AvgIpc) is 2.10. The van der Waals surface area contributed by atoms with E-state index in [4.69, 9.17) is 5.73 Å². The number of halogens is 1. The maximum Gasteiger partial charge on any atom is 0.129 e. The van der Waals surface area contributed by atoms with E-state index in [2.05, 4.69) is 0 Å². The van der Waals surface area contributed by atoms with Crippen LogP contribution in [0, 0.1) is 25.6 Å². The Hall–Kier alpha value is -0.890. The Morgan fingerprint density at radius 1 is 1.27 bits per heavy atom. The van der Waals surface area contributed by atoms with Crippen LogP contribution in [0.25, 0.3) is 0 Å². The summed E-state index contributed by atoms with van der Waals surface area (Å²) in [6, 6.07) is 3.88. The summed E-state index contributed by atoms with van der Waals surface area (Å²) in [7, 11) is 0. The van der Waals surface area contributed by atoms with Gasteiger partial charge < -0.3 is 5.73 Å². The van der Waals surface area contributed by atoms with Crippen LogP contribution >= 0.6 is 0 Å². The highest BCUT2D eigenvalue weighted by atomic mass is 19.1. The molecule has 1 unspecified atom stereocenters. The lowest BCUT2D eigenvalue weighted by Crippen LogP contribution is -2.27. The minimum Gasteiger partial charge on any atom is -0.324 e. The highest BCUT2D eigenvalue weighted by Crippen LogP contribution is 2.36. The van der Waals surface area contributed by atoms with Crippen LogP contribution < -0.4 is 5.73 Å². The van der Waals surface area contributed by atoms with Gasteiger partial charge >= 0.3 is 0 Å². The highest BCUT2D eigenvalue weighted by Gasteiger charge is 2.26. The van der Waals surface area contributed by atoms with Gasteiger partial charge in [0.2, 0.25) is 0 Å². The van der Waals surface area contributed by atoms with Crippen molar-refractivity contribution in [1.29, 1.82) is 0 Å².